The Morgan fingerprint density at radius 2 is 0.707 bits per heavy atom. The van der Waals surface area contributed by atoms with E-state index in [2.05, 4.69) is 81.5 Å². The smallest absolute Gasteiger partial charge is 0.306 e. The molecule has 0 heterocycles. The molecule has 6 nitrogen and oxygen atoms in total. The maximum atomic E-state index is 12.7. The van der Waals surface area contributed by atoms with Crippen molar-refractivity contribution in [3.8, 4) is 0 Å². The zero-order valence-electron chi connectivity index (χ0n) is 37.8. The van der Waals surface area contributed by atoms with E-state index in [0.717, 1.165) is 70.6 Å². The molecular formula is C52H88O6. The van der Waals surface area contributed by atoms with Gasteiger partial charge in [0.15, 0.2) is 6.10 Å². The number of carbonyl (C=O) groups is 3. The number of allylic oxidation sites excluding steroid dienone is 12. The molecule has 0 spiro atoms. The molecule has 1 unspecified atom stereocenters. The summed E-state index contributed by atoms with van der Waals surface area (Å²) in [6.07, 6.45) is 57.6. The summed E-state index contributed by atoms with van der Waals surface area (Å²) in [5.74, 6) is -0.999. The van der Waals surface area contributed by atoms with Crippen molar-refractivity contribution >= 4 is 17.9 Å². The van der Waals surface area contributed by atoms with E-state index < -0.39 is 12.1 Å². The van der Waals surface area contributed by atoms with E-state index in [1.807, 2.05) is 12.2 Å². The van der Waals surface area contributed by atoms with E-state index in [0.29, 0.717) is 19.3 Å². The van der Waals surface area contributed by atoms with Crippen LogP contribution in [0.15, 0.2) is 72.9 Å². The predicted molar refractivity (Wildman–Crippen MR) is 247 cm³/mol. The molecule has 0 saturated heterocycles. The van der Waals surface area contributed by atoms with Crippen molar-refractivity contribution in [3.63, 3.8) is 0 Å². The topological polar surface area (TPSA) is 78.9 Å². The van der Waals surface area contributed by atoms with Gasteiger partial charge >= 0.3 is 17.9 Å². The van der Waals surface area contributed by atoms with Crippen molar-refractivity contribution in [2.75, 3.05) is 13.2 Å². The first-order valence-electron chi connectivity index (χ1n) is 23.9. The monoisotopic (exact) mass is 809 g/mol. The van der Waals surface area contributed by atoms with E-state index in [4.69, 9.17) is 14.2 Å². The van der Waals surface area contributed by atoms with Gasteiger partial charge in [0.25, 0.3) is 0 Å². The number of hydrogen-bond donors (Lipinski definition) is 0. The summed E-state index contributed by atoms with van der Waals surface area (Å²) in [6.45, 7) is 6.39. The third-order valence-electron chi connectivity index (χ3n) is 9.96. The minimum atomic E-state index is -0.810. The Bertz CT molecular complexity index is 1110. The van der Waals surface area contributed by atoms with Crippen LogP contribution in [0, 0.1) is 0 Å². The largest absolute Gasteiger partial charge is 0.462 e. The van der Waals surface area contributed by atoms with Crippen molar-refractivity contribution in [1.29, 1.82) is 0 Å². The minimum Gasteiger partial charge on any atom is -0.462 e. The zero-order chi connectivity index (χ0) is 42.3. The van der Waals surface area contributed by atoms with E-state index >= 15 is 0 Å². The second-order valence-electron chi connectivity index (χ2n) is 15.6. The lowest BCUT2D eigenvalue weighted by Gasteiger charge is -2.18. The lowest BCUT2D eigenvalue weighted by atomic mass is 10.1. The molecule has 0 bridgehead atoms. The summed E-state index contributed by atoms with van der Waals surface area (Å²) < 4.78 is 16.6. The Kier molecular flexibility index (Phi) is 44.0. The highest BCUT2D eigenvalue weighted by Crippen LogP contribution is 2.14. The molecule has 0 fully saturated rings. The molecule has 0 radical (unpaired) electrons. The van der Waals surface area contributed by atoms with Gasteiger partial charge in [-0.3, -0.25) is 14.4 Å². The Morgan fingerprint density at radius 3 is 1.16 bits per heavy atom. The molecule has 0 aromatic carbocycles. The summed E-state index contributed by atoms with van der Waals surface area (Å²) in [4.78, 5) is 37.7. The Hall–Kier alpha value is -3.15. The van der Waals surface area contributed by atoms with Crippen LogP contribution in [0.25, 0.3) is 0 Å². The predicted octanol–water partition coefficient (Wildman–Crippen LogP) is 15.5. The first kappa shape index (κ1) is 54.9. The molecule has 0 aliphatic heterocycles. The molecule has 0 aromatic heterocycles. The molecular weight excluding hydrogens is 721 g/mol. The molecule has 0 saturated carbocycles. The fourth-order valence-electron chi connectivity index (χ4n) is 6.37. The second-order valence-corrected chi connectivity index (χ2v) is 15.6. The van der Waals surface area contributed by atoms with Crippen LogP contribution < -0.4 is 0 Å². The lowest BCUT2D eigenvalue weighted by Crippen LogP contribution is -2.30. The summed E-state index contributed by atoms with van der Waals surface area (Å²) in [6, 6.07) is 0. The van der Waals surface area contributed by atoms with Gasteiger partial charge in [-0.05, 0) is 77.0 Å². The Labute approximate surface area is 357 Å². The zero-order valence-corrected chi connectivity index (χ0v) is 37.8. The number of esters is 3. The maximum absolute atomic E-state index is 12.7. The van der Waals surface area contributed by atoms with Crippen LogP contribution in [0.3, 0.4) is 0 Å². The second kappa shape index (κ2) is 46.5. The van der Waals surface area contributed by atoms with E-state index in [-0.39, 0.29) is 31.6 Å². The molecule has 0 amide bonds. The number of rotatable bonds is 42. The van der Waals surface area contributed by atoms with Crippen LogP contribution in [0.5, 0.6) is 0 Å². The average Bonchev–Trinajstić information content (AvgIpc) is 3.22. The standard InChI is InChI=1S/C52H88O6/c1-4-7-10-13-16-19-21-23-24-25-26-27-28-30-31-33-36-39-42-45-51(54)57-48-49(47-56-50(53)44-41-38-35-18-15-12-9-6-3)58-52(55)46-43-40-37-34-32-29-22-20-17-14-11-8-5-2/h8,11,16-17,19-20,23-24,29,32,37,40,49H,4-7,9-10,12-15,18,21-22,25-28,30-31,33-36,38-39,41-48H2,1-3H3/b11-8-,19-16-,20-17-,24-23-,32-29-,40-37-. The normalized spacial score (nSPS) is 12.7. The summed E-state index contributed by atoms with van der Waals surface area (Å²) >= 11 is 0. The molecule has 58 heavy (non-hydrogen) atoms. The fraction of sp³-hybridized carbons (Fsp3) is 0.712. The third kappa shape index (κ3) is 44.0. The summed E-state index contributed by atoms with van der Waals surface area (Å²) in [7, 11) is 0. The first-order chi connectivity index (χ1) is 28.5. The average molecular weight is 809 g/mol. The van der Waals surface area contributed by atoms with Crippen LogP contribution in [-0.2, 0) is 28.6 Å². The SMILES string of the molecule is CC/C=C\C/C=C\C/C=C\C/C=C\CCC(=O)OC(COC(=O)CCCCCCCCCC)COC(=O)CCCCCCCCCCC/C=C\C/C=C\CCCCC. The molecule has 332 valence electrons. The fourth-order valence-corrected chi connectivity index (χ4v) is 6.37. The molecule has 0 rings (SSSR count). The van der Waals surface area contributed by atoms with Crippen LogP contribution in [0.1, 0.15) is 220 Å². The first-order valence-corrected chi connectivity index (χ1v) is 23.9. The maximum Gasteiger partial charge on any atom is 0.306 e. The third-order valence-corrected chi connectivity index (χ3v) is 9.96. The molecule has 0 aliphatic rings. The van der Waals surface area contributed by atoms with Crippen molar-refractivity contribution in [2.24, 2.45) is 0 Å². The molecule has 6 heteroatoms. The quantitative estimate of drug-likeness (QED) is 0.0264. The van der Waals surface area contributed by atoms with Crippen molar-refractivity contribution in [2.45, 2.75) is 226 Å². The van der Waals surface area contributed by atoms with Gasteiger partial charge in [0.05, 0.1) is 0 Å². The van der Waals surface area contributed by atoms with Crippen LogP contribution in [-0.4, -0.2) is 37.2 Å². The highest BCUT2D eigenvalue weighted by atomic mass is 16.6. The number of unbranched alkanes of at least 4 members (excludes halogenated alkanes) is 19. The van der Waals surface area contributed by atoms with E-state index in [1.54, 1.807) is 0 Å². The molecule has 0 aliphatic carbocycles. The van der Waals surface area contributed by atoms with Crippen LogP contribution >= 0.6 is 0 Å². The highest BCUT2D eigenvalue weighted by molar-refractivity contribution is 5.71. The van der Waals surface area contributed by atoms with Gasteiger partial charge < -0.3 is 14.2 Å². The lowest BCUT2D eigenvalue weighted by molar-refractivity contribution is -0.166. The van der Waals surface area contributed by atoms with Gasteiger partial charge in [0, 0.05) is 19.3 Å². The summed E-state index contributed by atoms with van der Waals surface area (Å²) in [5.41, 5.74) is 0. The van der Waals surface area contributed by atoms with Crippen molar-refractivity contribution < 1.29 is 28.6 Å². The number of hydrogen-bond acceptors (Lipinski definition) is 6. The van der Waals surface area contributed by atoms with Crippen molar-refractivity contribution in [3.05, 3.63) is 72.9 Å². The number of ether oxygens (including phenoxy) is 3. The highest BCUT2D eigenvalue weighted by Gasteiger charge is 2.19. The number of carbonyl (C=O) groups excluding carboxylic acids is 3. The molecule has 0 aromatic rings. The van der Waals surface area contributed by atoms with Crippen LogP contribution in [0.2, 0.25) is 0 Å². The van der Waals surface area contributed by atoms with E-state index in [1.165, 1.54) is 103 Å². The van der Waals surface area contributed by atoms with Gasteiger partial charge in [-0.15, -0.1) is 0 Å². The Morgan fingerprint density at radius 1 is 0.362 bits per heavy atom. The minimum absolute atomic E-state index is 0.105. The van der Waals surface area contributed by atoms with Gasteiger partial charge in [-0.2, -0.15) is 0 Å². The van der Waals surface area contributed by atoms with Gasteiger partial charge in [-0.25, -0.2) is 0 Å². The van der Waals surface area contributed by atoms with Gasteiger partial charge in [-0.1, -0.05) is 196 Å². The molecule has 0 N–H and O–H groups in total. The van der Waals surface area contributed by atoms with E-state index in [9.17, 15) is 14.4 Å². The van der Waals surface area contributed by atoms with Gasteiger partial charge in [0.1, 0.15) is 13.2 Å². The van der Waals surface area contributed by atoms with Crippen LogP contribution in [0.4, 0.5) is 0 Å². The summed E-state index contributed by atoms with van der Waals surface area (Å²) in [5, 5.41) is 0. The Balaban J connectivity index is 4.36. The van der Waals surface area contributed by atoms with Gasteiger partial charge in [0.2, 0.25) is 0 Å². The molecule has 1 atom stereocenters. The van der Waals surface area contributed by atoms with Crippen molar-refractivity contribution in [1.82, 2.24) is 0 Å².